The van der Waals surface area contributed by atoms with Gasteiger partial charge in [-0.1, -0.05) is 178 Å². The molecule has 2 unspecified atom stereocenters. The van der Waals surface area contributed by atoms with Crippen LogP contribution < -0.4 is 0 Å². The fourth-order valence-corrected chi connectivity index (χ4v) is 7.28. The van der Waals surface area contributed by atoms with Gasteiger partial charge in [0.1, 0.15) is 6.61 Å². The highest BCUT2D eigenvalue weighted by Gasteiger charge is 2.31. The van der Waals surface area contributed by atoms with E-state index in [4.69, 9.17) is 14.2 Å². The van der Waals surface area contributed by atoms with Crippen LogP contribution in [0.25, 0.3) is 0 Å². The fraction of sp³-hybridized carbons (Fsp3) is 0.792. The predicted octanol–water partition coefficient (Wildman–Crippen LogP) is 14.4. The molecule has 0 aromatic heterocycles. The van der Waals surface area contributed by atoms with Crippen molar-refractivity contribution >= 4 is 17.9 Å². The first-order valence-electron chi connectivity index (χ1n) is 25.2. The molecule has 0 rings (SSSR count). The van der Waals surface area contributed by atoms with Crippen LogP contribution >= 0.6 is 0 Å². The Hall–Kier alpha value is -2.71. The number of quaternary nitrogens is 1. The number of allylic oxidation sites excluding steroid dienone is 8. The van der Waals surface area contributed by atoms with Crippen molar-refractivity contribution in [1.82, 2.24) is 0 Å². The molecule has 0 amide bonds. The molecule has 0 aliphatic carbocycles. The van der Waals surface area contributed by atoms with Crippen molar-refractivity contribution in [3.05, 3.63) is 48.6 Å². The average Bonchev–Trinajstić information content (AvgIpc) is 3.22. The van der Waals surface area contributed by atoms with E-state index in [0.29, 0.717) is 19.3 Å². The zero-order chi connectivity index (χ0) is 44.9. The quantitative estimate of drug-likeness (QED) is 0.0282. The largest absolute Gasteiger partial charge is 0.477 e. The van der Waals surface area contributed by atoms with Gasteiger partial charge in [0.15, 0.2) is 12.1 Å². The number of aliphatic carboxylic acids is 1. The second-order valence-electron chi connectivity index (χ2n) is 18.1. The molecule has 0 aliphatic rings. The van der Waals surface area contributed by atoms with Crippen LogP contribution in [0.3, 0.4) is 0 Å². The molecule has 0 fully saturated rings. The Kier molecular flexibility index (Phi) is 42.0. The third kappa shape index (κ3) is 42.4. The van der Waals surface area contributed by atoms with Crippen LogP contribution in [0.1, 0.15) is 219 Å². The summed E-state index contributed by atoms with van der Waals surface area (Å²) in [6, 6.07) is -0.623. The molecule has 0 heterocycles. The number of nitrogens with zero attached hydrogens (tertiary/aromatic N) is 1. The second-order valence-corrected chi connectivity index (χ2v) is 18.1. The van der Waals surface area contributed by atoms with Gasteiger partial charge in [0.2, 0.25) is 0 Å². The summed E-state index contributed by atoms with van der Waals surface area (Å²) in [5.74, 6) is -1.53. The summed E-state index contributed by atoms with van der Waals surface area (Å²) in [6.45, 7) is 4.69. The van der Waals surface area contributed by atoms with Crippen LogP contribution in [-0.2, 0) is 28.6 Å². The van der Waals surface area contributed by atoms with Gasteiger partial charge in [-0.3, -0.25) is 9.59 Å². The van der Waals surface area contributed by atoms with E-state index < -0.39 is 18.1 Å². The van der Waals surface area contributed by atoms with E-state index in [2.05, 4.69) is 62.5 Å². The predicted molar refractivity (Wildman–Crippen MR) is 257 cm³/mol. The lowest BCUT2D eigenvalue weighted by atomic mass is 10.1. The first-order valence-corrected chi connectivity index (χ1v) is 25.2. The second kappa shape index (κ2) is 43.9. The number of carboxylic acid groups (broad SMARTS) is 1. The van der Waals surface area contributed by atoms with E-state index in [1.165, 1.54) is 141 Å². The topological polar surface area (TPSA) is 99.1 Å². The van der Waals surface area contributed by atoms with Crippen molar-refractivity contribution in [2.24, 2.45) is 0 Å². The molecule has 0 spiro atoms. The Bertz CT molecular complexity index is 1140. The van der Waals surface area contributed by atoms with Crippen molar-refractivity contribution in [2.75, 3.05) is 41.0 Å². The van der Waals surface area contributed by atoms with E-state index in [1.54, 1.807) is 0 Å². The molecule has 0 aromatic carbocycles. The lowest BCUT2D eigenvalue weighted by molar-refractivity contribution is -0.887. The summed E-state index contributed by atoms with van der Waals surface area (Å²) in [5, 5.41) is 9.64. The van der Waals surface area contributed by atoms with Crippen molar-refractivity contribution in [1.29, 1.82) is 0 Å². The number of esters is 2. The molecule has 2 atom stereocenters. The van der Waals surface area contributed by atoms with Gasteiger partial charge in [0, 0.05) is 19.3 Å². The highest BCUT2D eigenvalue weighted by atomic mass is 16.6. The van der Waals surface area contributed by atoms with Gasteiger partial charge in [0.05, 0.1) is 34.4 Å². The van der Waals surface area contributed by atoms with Crippen LogP contribution in [0.15, 0.2) is 48.6 Å². The highest BCUT2D eigenvalue weighted by Crippen LogP contribution is 2.14. The van der Waals surface area contributed by atoms with E-state index in [-0.39, 0.29) is 42.7 Å². The van der Waals surface area contributed by atoms with Crippen molar-refractivity contribution in [3.63, 3.8) is 0 Å². The number of carbonyl (C=O) groups excluding carboxylic acids is 2. The zero-order valence-corrected chi connectivity index (χ0v) is 40.4. The third-order valence-corrected chi connectivity index (χ3v) is 11.2. The molecule has 0 bridgehead atoms. The summed E-state index contributed by atoms with van der Waals surface area (Å²) in [5.41, 5.74) is 0. The molecule has 1 N–H and O–H groups in total. The number of rotatable bonds is 45. The smallest absolute Gasteiger partial charge is 0.362 e. The first kappa shape index (κ1) is 58.3. The van der Waals surface area contributed by atoms with Gasteiger partial charge in [-0.25, -0.2) is 4.79 Å². The van der Waals surface area contributed by atoms with Crippen LogP contribution in [0, 0.1) is 0 Å². The number of hydrogen-bond acceptors (Lipinski definition) is 6. The molecule has 0 saturated carbocycles. The van der Waals surface area contributed by atoms with Gasteiger partial charge in [-0.05, 0) is 70.6 Å². The Balaban J connectivity index is 4.34. The molecule has 0 aliphatic heterocycles. The van der Waals surface area contributed by atoms with Crippen molar-refractivity contribution in [3.8, 4) is 0 Å². The lowest BCUT2D eigenvalue weighted by Gasteiger charge is -2.31. The van der Waals surface area contributed by atoms with Gasteiger partial charge in [-0.15, -0.1) is 0 Å². The minimum absolute atomic E-state index is 0.0438. The number of carbonyl (C=O) groups is 3. The summed E-state index contributed by atoms with van der Waals surface area (Å²) in [4.78, 5) is 37.1. The van der Waals surface area contributed by atoms with E-state index >= 15 is 0 Å². The average molecular weight is 859 g/mol. The van der Waals surface area contributed by atoms with Crippen molar-refractivity contribution < 1.29 is 38.2 Å². The molecule has 0 aromatic rings. The minimum Gasteiger partial charge on any atom is -0.477 e. The SMILES string of the molecule is CCCCCCCC/C=C/C/C=C/C/C=C/CCCC(=O)OCC(COCCC(C(=O)O)[N+](C)(C)C)OC(=O)CCCCCCCCC/C=C/CCCCCCCCCCC. The van der Waals surface area contributed by atoms with Crippen LogP contribution in [0.4, 0.5) is 0 Å². The highest BCUT2D eigenvalue weighted by molar-refractivity contribution is 5.72. The zero-order valence-electron chi connectivity index (χ0n) is 40.4. The Morgan fingerprint density at radius 2 is 0.885 bits per heavy atom. The molecule has 0 radical (unpaired) electrons. The lowest BCUT2D eigenvalue weighted by Crippen LogP contribution is -2.50. The molecular formula is C53H96NO7+. The number of likely N-dealkylation sites (N-methyl/N-ethyl adjacent to an activating group) is 1. The Morgan fingerprint density at radius 1 is 0.492 bits per heavy atom. The van der Waals surface area contributed by atoms with Crippen LogP contribution in [0.5, 0.6) is 0 Å². The number of ether oxygens (including phenoxy) is 3. The normalized spacial score (nSPS) is 13.3. The maximum atomic E-state index is 12.8. The molecule has 61 heavy (non-hydrogen) atoms. The molecule has 8 heteroatoms. The van der Waals surface area contributed by atoms with Gasteiger partial charge in [-0.2, -0.15) is 0 Å². The maximum absolute atomic E-state index is 12.8. The number of unbranched alkanes of at least 4 members (excludes halogenated alkanes) is 23. The van der Waals surface area contributed by atoms with E-state index in [0.717, 1.165) is 38.5 Å². The third-order valence-electron chi connectivity index (χ3n) is 11.2. The van der Waals surface area contributed by atoms with Crippen LogP contribution in [0.2, 0.25) is 0 Å². The first-order chi connectivity index (χ1) is 29.6. The summed E-state index contributed by atoms with van der Waals surface area (Å²) in [6.07, 6.45) is 53.1. The maximum Gasteiger partial charge on any atom is 0.362 e. The van der Waals surface area contributed by atoms with Gasteiger partial charge in [0.25, 0.3) is 0 Å². The number of hydrogen-bond donors (Lipinski definition) is 1. The van der Waals surface area contributed by atoms with Gasteiger partial charge < -0.3 is 23.8 Å². The van der Waals surface area contributed by atoms with Gasteiger partial charge >= 0.3 is 17.9 Å². The summed E-state index contributed by atoms with van der Waals surface area (Å²) >= 11 is 0. The monoisotopic (exact) mass is 859 g/mol. The molecular weight excluding hydrogens is 763 g/mol. The van der Waals surface area contributed by atoms with Crippen LogP contribution in [-0.4, -0.2) is 80.6 Å². The summed E-state index contributed by atoms with van der Waals surface area (Å²) in [7, 11) is 5.52. The molecule has 0 saturated heterocycles. The summed E-state index contributed by atoms with van der Waals surface area (Å²) < 4.78 is 17.3. The minimum atomic E-state index is -0.881. The standard InChI is InChI=1S/C53H95NO7/c1-6-8-10-12-14-16-18-20-22-24-25-26-28-30-32-34-36-38-40-42-44-52(56)61-49(47-59-46-45-50(53(57)58)54(3,4)5)48-60-51(55)43-41-39-37-35-33-31-29-27-23-21-19-17-15-13-11-9-7-2/h21,23,25-26,29,31,35,37,49-50H,6-20,22,24,27-28,30,32-34,36,38-48H2,1-5H3/p+1/b23-21+,26-25+,31-29+,37-35+. The molecule has 8 nitrogen and oxygen atoms in total. The molecule has 354 valence electrons. The fourth-order valence-electron chi connectivity index (χ4n) is 7.28. The van der Waals surface area contributed by atoms with Crippen molar-refractivity contribution in [2.45, 2.75) is 231 Å². The number of carboxylic acids is 1. The van der Waals surface area contributed by atoms with E-state index in [9.17, 15) is 19.5 Å². The van der Waals surface area contributed by atoms with E-state index in [1.807, 2.05) is 21.1 Å². The Morgan fingerprint density at radius 3 is 1.34 bits per heavy atom. The Labute approximate surface area is 376 Å².